The van der Waals surface area contributed by atoms with E-state index >= 15 is 0 Å². The molecule has 0 radical (unpaired) electrons. The summed E-state index contributed by atoms with van der Waals surface area (Å²) in [5, 5.41) is 14.5. The first-order valence-corrected chi connectivity index (χ1v) is 5.97. The summed E-state index contributed by atoms with van der Waals surface area (Å²) in [7, 11) is 0. The summed E-state index contributed by atoms with van der Waals surface area (Å²) in [6, 6.07) is -0.337. The van der Waals surface area contributed by atoms with E-state index in [9.17, 15) is 14.7 Å². The fourth-order valence-electron chi connectivity index (χ4n) is 2.17. The molecule has 5 heteroatoms. The van der Waals surface area contributed by atoms with E-state index in [2.05, 4.69) is 17.2 Å². The van der Waals surface area contributed by atoms with Crippen LogP contribution < -0.4 is 10.6 Å². The molecule has 1 aliphatic rings. The molecule has 3 N–H and O–H groups in total. The molecule has 0 heterocycles. The molecule has 0 aromatic rings. The van der Waals surface area contributed by atoms with Crippen molar-refractivity contribution in [2.75, 3.05) is 13.1 Å². The molecule has 0 atom stereocenters. The number of urea groups is 1. The Morgan fingerprint density at radius 2 is 1.88 bits per heavy atom. The van der Waals surface area contributed by atoms with Crippen molar-refractivity contribution < 1.29 is 14.7 Å². The predicted molar refractivity (Wildman–Crippen MR) is 64.8 cm³/mol. The number of aliphatic carboxylic acids is 1. The number of rotatable bonds is 5. The lowest BCUT2D eigenvalue weighted by Gasteiger charge is -2.33. The van der Waals surface area contributed by atoms with E-state index in [1.54, 1.807) is 6.08 Å². The van der Waals surface area contributed by atoms with Gasteiger partial charge in [0.1, 0.15) is 0 Å². The van der Waals surface area contributed by atoms with E-state index in [1.807, 2.05) is 0 Å². The van der Waals surface area contributed by atoms with Crippen molar-refractivity contribution in [3.63, 3.8) is 0 Å². The van der Waals surface area contributed by atoms with Gasteiger partial charge in [-0.25, -0.2) is 4.79 Å². The zero-order valence-corrected chi connectivity index (χ0v) is 10.00. The molecule has 1 fully saturated rings. The monoisotopic (exact) mass is 240 g/mol. The average Bonchev–Trinajstić information content (AvgIpc) is 2.34. The van der Waals surface area contributed by atoms with Gasteiger partial charge >= 0.3 is 12.0 Å². The van der Waals surface area contributed by atoms with Gasteiger partial charge in [0.15, 0.2) is 0 Å². The van der Waals surface area contributed by atoms with Crippen molar-refractivity contribution in [1.29, 1.82) is 0 Å². The molecule has 0 unspecified atom stereocenters. The molecular formula is C12H20N2O3. The Bertz CT molecular complexity index is 296. The lowest BCUT2D eigenvalue weighted by atomic mass is 9.74. The third-order valence-corrected chi connectivity index (χ3v) is 3.26. The second-order valence-corrected chi connectivity index (χ2v) is 4.50. The standard InChI is InChI=1S/C12H20N2O3/c1-2-8-13-11(17)14-9-12(10(15)16)6-4-3-5-7-12/h2H,1,3-9H2,(H,15,16)(H2,13,14,17). The van der Waals surface area contributed by atoms with Gasteiger partial charge in [-0.15, -0.1) is 6.58 Å². The van der Waals surface area contributed by atoms with Gasteiger partial charge in [0, 0.05) is 13.1 Å². The first-order chi connectivity index (χ1) is 8.10. The van der Waals surface area contributed by atoms with Crippen molar-refractivity contribution >= 4 is 12.0 Å². The fourth-order valence-corrected chi connectivity index (χ4v) is 2.17. The highest BCUT2D eigenvalue weighted by Crippen LogP contribution is 2.35. The van der Waals surface area contributed by atoms with E-state index in [0.29, 0.717) is 19.4 Å². The predicted octanol–water partition coefficient (Wildman–Crippen LogP) is 1.51. The Labute approximate surface area is 101 Å². The second kappa shape index (κ2) is 6.27. The Kier molecular flexibility index (Phi) is 5.00. The highest BCUT2D eigenvalue weighted by Gasteiger charge is 2.39. The van der Waals surface area contributed by atoms with Crippen LogP contribution in [0.3, 0.4) is 0 Å². The number of carbonyl (C=O) groups is 2. The molecule has 0 aliphatic heterocycles. The van der Waals surface area contributed by atoms with Gasteiger partial charge in [-0.2, -0.15) is 0 Å². The maximum absolute atomic E-state index is 11.3. The van der Waals surface area contributed by atoms with Crippen LogP contribution in [0, 0.1) is 5.41 Å². The summed E-state index contributed by atoms with van der Waals surface area (Å²) in [6.45, 7) is 4.07. The minimum Gasteiger partial charge on any atom is -0.481 e. The molecule has 1 aliphatic carbocycles. The number of carbonyl (C=O) groups excluding carboxylic acids is 1. The number of hydrogen-bond acceptors (Lipinski definition) is 2. The lowest BCUT2D eigenvalue weighted by molar-refractivity contribution is -0.150. The van der Waals surface area contributed by atoms with Crippen LogP contribution in [0.25, 0.3) is 0 Å². The van der Waals surface area contributed by atoms with Gasteiger partial charge < -0.3 is 15.7 Å². The van der Waals surface area contributed by atoms with Crippen LogP contribution in [-0.2, 0) is 4.79 Å². The topological polar surface area (TPSA) is 78.4 Å². The summed E-state index contributed by atoms with van der Waals surface area (Å²) in [6.07, 6.45) is 5.78. The molecule has 1 saturated carbocycles. The third-order valence-electron chi connectivity index (χ3n) is 3.26. The van der Waals surface area contributed by atoms with Crippen LogP contribution in [-0.4, -0.2) is 30.2 Å². The van der Waals surface area contributed by atoms with Gasteiger partial charge in [-0.05, 0) is 12.8 Å². The van der Waals surface area contributed by atoms with Gasteiger partial charge in [0.25, 0.3) is 0 Å². The fraction of sp³-hybridized carbons (Fsp3) is 0.667. The van der Waals surface area contributed by atoms with E-state index in [-0.39, 0.29) is 12.6 Å². The van der Waals surface area contributed by atoms with Gasteiger partial charge in [0.2, 0.25) is 0 Å². The number of amides is 2. The molecule has 1 rings (SSSR count). The Hall–Kier alpha value is -1.52. The quantitative estimate of drug-likeness (QED) is 0.637. The number of carboxylic acids is 1. The van der Waals surface area contributed by atoms with E-state index in [4.69, 9.17) is 0 Å². The minimum absolute atomic E-state index is 0.200. The molecule has 0 aromatic heterocycles. The van der Waals surface area contributed by atoms with Crippen molar-refractivity contribution in [1.82, 2.24) is 10.6 Å². The molecular weight excluding hydrogens is 220 g/mol. The Morgan fingerprint density at radius 3 is 2.41 bits per heavy atom. The average molecular weight is 240 g/mol. The largest absolute Gasteiger partial charge is 0.481 e. The number of hydrogen-bond donors (Lipinski definition) is 3. The zero-order valence-electron chi connectivity index (χ0n) is 10.00. The smallest absolute Gasteiger partial charge is 0.315 e. The molecule has 17 heavy (non-hydrogen) atoms. The minimum atomic E-state index is -0.804. The highest BCUT2D eigenvalue weighted by molar-refractivity contribution is 5.78. The van der Waals surface area contributed by atoms with E-state index in [1.165, 1.54) is 0 Å². The zero-order chi connectivity index (χ0) is 12.7. The first-order valence-electron chi connectivity index (χ1n) is 5.97. The van der Waals surface area contributed by atoms with Crippen molar-refractivity contribution in [2.45, 2.75) is 32.1 Å². The maximum Gasteiger partial charge on any atom is 0.315 e. The van der Waals surface area contributed by atoms with Crippen molar-refractivity contribution in [3.8, 4) is 0 Å². The summed E-state index contributed by atoms with van der Waals surface area (Å²) in [4.78, 5) is 22.7. The summed E-state index contributed by atoms with van der Waals surface area (Å²) in [5.74, 6) is -0.804. The van der Waals surface area contributed by atoms with Crippen LogP contribution in [0.15, 0.2) is 12.7 Å². The summed E-state index contributed by atoms with van der Waals surface area (Å²) < 4.78 is 0. The summed E-state index contributed by atoms with van der Waals surface area (Å²) >= 11 is 0. The number of nitrogens with one attached hydrogen (secondary N) is 2. The first kappa shape index (κ1) is 13.5. The maximum atomic E-state index is 11.3. The van der Waals surface area contributed by atoms with E-state index in [0.717, 1.165) is 19.3 Å². The van der Waals surface area contributed by atoms with Crippen LogP contribution in [0.2, 0.25) is 0 Å². The molecule has 0 saturated heterocycles. The Morgan fingerprint density at radius 1 is 1.24 bits per heavy atom. The normalized spacial score (nSPS) is 18.1. The van der Waals surface area contributed by atoms with Crippen molar-refractivity contribution in [3.05, 3.63) is 12.7 Å². The van der Waals surface area contributed by atoms with Crippen molar-refractivity contribution in [2.24, 2.45) is 5.41 Å². The molecule has 96 valence electrons. The van der Waals surface area contributed by atoms with Gasteiger partial charge in [-0.1, -0.05) is 25.3 Å². The molecule has 2 amide bonds. The lowest BCUT2D eigenvalue weighted by Crippen LogP contribution is -2.47. The molecule has 0 bridgehead atoms. The summed E-state index contributed by atoms with van der Waals surface area (Å²) in [5.41, 5.74) is -0.774. The number of carboxylic acid groups (broad SMARTS) is 1. The van der Waals surface area contributed by atoms with Gasteiger partial charge in [-0.3, -0.25) is 4.79 Å². The van der Waals surface area contributed by atoms with E-state index < -0.39 is 11.4 Å². The second-order valence-electron chi connectivity index (χ2n) is 4.50. The highest BCUT2D eigenvalue weighted by atomic mass is 16.4. The molecule has 0 aromatic carbocycles. The Balaban J connectivity index is 2.47. The van der Waals surface area contributed by atoms with Crippen LogP contribution >= 0.6 is 0 Å². The molecule has 5 nitrogen and oxygen atoms in total. The van der Waals surface area contributed by atoms with Crippen LogP contribution in [0.4, 0.5) is 4.79 Å². The van der Waals surface area contributed by atoms with Crippen LogP contribution in [0.1, 0.15) is 32.1 Å². The SMILES string of the molecule is C=CCNC(=O)NCC1(C(=O)O)CCCCC1. The van der Waals surface area contributed by atoms with Gasteiger partial charge in [0.05, 0.1) is 5.41 Å². The third kappa shape index (κ3) is 3.76. The van der Waals surface area contributed by atoms with Crippen LogP contribution in [0.5, 0.6) is 0 Å². The molecule has 0 spiro atoms.